The molecule has 0 aromatic carbocycles. The van der Waals surface area contributed by atoms with Crippen molar-refractivity contribution in [1.82, 2.24) is 10.2 Å². The molecule has 0 aliphatic carbocycles. The van der Waals surface area contributed by atoms with Gasteiger partial charge >= 0.3 is 18.2 Å². The van der Waals surface area contributed by atoms with Gasteiger partial charge in [-0.1, -0.05) is 0 Å². The van der Waals surface area contributed by atoms with Gasteiger partial charge in [0.25, 0.3) is 0 Å². The third-order valence-corrected chi connectivity index (χ3v) is 3.19. The summed E-state index contributed by atoms with van der Waals surface area (Å²) >= 11 is 0. The van der Waals surface area contributed by atoms with Gasteiger partial charge in [0.2, 0.25) is 0 Å². The summed E-state index contributed by atoms with van der Waals surface area (Å²) in [7, 11) is 2.47. The van der Waals surface area contributed by atoms with Crippen molar-refractivity contribution in [1.29, 1.82) is 0 Å². The van der Waals surface area contributed by atoms with E-state index in [1.165, 1.54) is 19.1 Å². The molecule has 0 saturated carbocycles. The molecule has 22 heavy (non-hydrogen) atoms. The number of rotatable bonds is 2. The Labute approximate surface area is 130 Å². The van der Waals surface area contributed by atoms with E-state index in [1.807, 2.05) is 0 Å². The summed E-state index contributed by atoms with van der Waals surface area (Å²) in [5.41, 5.74) is -0.680. The van der Waals surface area contributed by atoms with Crippen molar-refractivity contribution >= 4 is 18.2 Å². The highest BCUT2D eigenvalue weighted by atomic mass is 16.6. The molecule has 1 saturated heterocycles. The van der Waals surface area contributed by atoms with Crippen molar-refractivity contribution in [3.63, 3.8) is 0 Å². The number of carbonyl (C=O) groups is 3. The summed E-state index contributed by atoms with van der Waals surface area (Å²) in [5, 5.41) is 2.57. The minimum absolute atomic E-state index is 0.355. The molecule has 1 aliphatic rings. The van der Waals surface area contributed by atoms with Crippen LogP contribution < -0.4 is 5.32 Å². The van der Waals surface area contributed by atoms with E-state index in [9.17, 15) is 14.4 Å². The monoisotopic (exact) mass is 316 g/mol. The maximum Gasteiger partial charge on any atom is 0.411 e. The van der Waals surface area contributed by atoms with E-state index in [0.29, 0.717) is 19.4 Å². The normalized spacial score (nSPS) is 21.8. The maximum atomic E-state index is 12.3. The SMILES string of the molecule is COC(=O)N[C@@H]1CCCN(C(=O)OC(C)(C)C)[C@@H]1C(=O)OC. The Morgan fingerprint density at radius 3 is 2.27 bits per heavy atom. The second kappa shape index (κ2) is 7.33. The van der Waals surface area contributed by atoms with Crippen LogP contribution in [0.5, 0.6) is 0 Å². The van der Waals surface area contributed by atoms with Crippen molar-refractivity contribution in [3.8, 4) is 0 Å². The number of carbonyl (C=O) groups excluding carboxylic acids is 3. The Morgan fingerprint density at radius 2 is 1.77 bits per heavy atom. The second-order valence-electron chi connectivity index (χ2n) is 6.03. The summed E-state index contributed by atoms with van der Waals surface area (Å²) in [6.45, 7) is 5.58. The molecule has 0 aromatic heterocycles. The number of nitrogens with zero attached hydrogens (tertiary/aromatic N) is 1. The fourth-order valence-electron chi connectivity index (χ4n) is 2.29. The summed E-state index contributed by atoms with van der Waals surface area (Å²) < 4.78 is 14.6. The number of amides is 2. The molecule has 1 aliphatic heterocycles. The van der Waals surface area contributed by atoms with E-state index < -0.39 is 35.8 Å². The van der Waals surface area contributed by atoms with Gasteiger partial charge in [0.1, 0.15) is 5.60 Å². The predicted molar refractivity (Wildman–Crippen MR) is 77.3 cm³/mol. The van der Waals surface area contributed by atoms with Gasteiger partial charge in [0.05, 0.1) is 20.3 Å². The summed E-state index contributed by atoms with van der Waals surface area (Å²) in [4.78, 5) is 37.1. The van der Waals surface area contributed by atoms with Gasteiger partial charge in [0, 0.05) is 6.54 Å². The molecule has 1 N–H and O–H groups in total. The van der Waals surface area contributed by atoms with E-state index in [-0.39, 0.29) is 0 Å². The molecule has 1 heterocycles. The largest absolute Gasteiger partial charge is 0.467 e. The lowest BCUT2D eigenvalue weighted by molar-refractivity contribution is -0.149. The van der Waals surface area contributed by atoms with Gasteiger partial charge in [-0.05, 0) is 33.6 Å². The third-order valence-electron chi connectivity index (χ3n) is 3.19. The molecule has 8 nitrogen and oxygen atoms in total. The summed E-state index contributed by atoms with van der Waals surface area (Å²) in [6, 6.07) is -1.52. The topological polar surface area (TPSA) is 94.2 Å². The smallest absolute Gasteiger partial charge is 0.411 e. The highest BCUT2D eigenvalue weighted by molar-refractivity contribution is 5.83. The lowest BCUT2D eigenvalue weighted by Crippen LogP contribution is -2.61. The Morgan fingerprint density at radius 1 is 1.14 bits per heavy atom. The van der Waals surface area contributed by atoms with Crippen molar-refractivity contribution in [2.24, 2.45) is 0 Å². The molecule has 2 amide bonds. The first-order valence-corrected chi connectivity index (χ1v) is 7.11. The molecule has 0 unspecified atom stereocenters. The molecule has 126 valence electrons. The van der Waals surface area contributed by atoms with E-state index in [0.717, 1.165) is 0 Å². The van der Waals surface area contributed by atoms with Gasteiger partial charge in [-0.2, -0.15) is 0 Å². The fraction of sp³-hybridized carbons (Fsp3) is 0.786. The Bertz CT molecular complexity index is 432. The van der Waals surface area contributed by atoms with Crippen LogP contribution in [0.1, 0.15) is 33.6 Å². The first kappa shape index (κ1) is 18.1. The van der Waals surface area contributed by atoms with Crippen LogP contribution in [-0.2, 0) is 19.0 Å². The third kappa shape index (κ3) is 4.78. The van der Waals surface area contributed by atoms with Crippen molar-refractivity contribution in [3.05, 3.63) is 0 Å². The van der Waals surface area contributed by atoms with Crippen LogP contribution in [0, 0.1) is 0 Å². The highest BCUT2D eigenvalue weighted by Gasteiger charge is 2.42. The maximum absolute atomic E-state index is 12.3. The molecule has 1 rings (SSSR count). The lowest BCUT2D eigenvalue weighted by atomic mass is 9.96. The van der Waals surface area contributed by atoms with Crippen LogP contribution in [0.15, 0.2) is 0 Å². The fourth-order valence-corrected chi connectivity index (χ4v) is 2.29. The first-order chi connectivity index (χ1) is 10.2. The number of alkyl carbamates (subject to hydrolysis) is 1. The van der Waals surface area contributed by atoms with Crippen molar-refractivity contribution in [2.45, 2.75) is 51.3 Å². The Balaban J connectivity index is 2.95. The summed E-state index contributed by atoms with van der Waals surface area (Å²) in [6.07, 6.45) is -0.112. The van der Waals surface area contributed by atoms with Gasteiger partial charge < -0.3 is 19.5 Å². The van der Waals surface area contributed by atoms with Crippen LogP contribution >= 0.6 is 0 Å². The number of ether oxygens (including phenoxy) is 3. The van der Waals surface area contributed by atoms with Gasteiger partial charge in [-0.15, -0.1) is 0 Å². The number of hydrogen-bond donors (Lipinski definition) is 1. The van der Waals surface area contributed by atoms with Crippen molar-refractivity contribution in [2.75, 3.05) is 20.8 Å². The van der Waals surface area contributed by atoms with E-state index >= 15 is 0 Å². The van der Waals surface area contributed by atoms with Crippen LogP contribution in [0.2, 0.25) is 0 Å². The molecule has 8 heteroatoms. The summed E-state index contributed by atoms with van der Waals surface area (Å²) in [5.74, 6) is -0.605. The zero-order valence-corrected chi connectivity index (χ0v) is 13.7. The van der Waals surface area contributed by atoms with E-state index in [4.69, 9.17) is 9.47 Å². The van der Waals surface area contributed by atoms with Gasteiger partial charge in [-0.25, -0.2) is 14.4 Å². The number of esters is 1. The molecule has 0 spiro atoms. The molecular weight excluding hydrogens is 292 g/mol. The van der Waals surface area contributed by atoms with E-state index in [2.05, 4.69) is 10.1 Å². The highest BCUT2D eigenvalue weighted by Crippen LogP contribution is 2.22. The number of nitrogens with one attached hydrogen (secondary N) is 1. The molecule has 0 aromatic rings. The zero-order valence-electron chi connectivity index (χ0n) is 13.7. The second-order valence-corrected chi connectivity index (χ2v) is 6.03. The number of methoxy groups -OCH3 is 2. The molecule has 2 atom stereocenters. The predicted octanol–water partition coefficient (Wildman–Crippen LogP) is 1.28. The van der Waals surface area contributed by atoms with Crippen LogP contribution in [-0.4, -0.2) is 61.5 Å². The molecule has 0 bridgehead atoms. The van der Waals surface area contributed by atoms with Gasteiger partial charge in [0.15, 0.2) is 6.04 Å². The molecule has 0 radical (unpaired) electrons. The minimum Gasteiger partial charge on any atom is -0.467 e. The first-order valence-electron chi connectivity index (χ1n) is 7.11. The average Bonchev–Trinajstić information content (AvgIpc) is 2.44. The molecule has 1 fully saturated rings. The van der Waals surface area contributed by atoms with E-state index in [1.54, 1.807) is 20.8 Å². The van der Waals surface area contributed by atoms with Crippen LogP contribution in [0.3, 0.4) is 0 Å². The Kier molecular flexibility index (Phi) is 6.01. The number of likely N-dealkylation sites (tertiary alicyclic amines) is 1. The lowest BCUT2D eigenvalue weighted by Gasteiger charge is -2.39. The quantitative estimate of drug-likeness (QED) is 0.609. The van der Waals surface area contributed by atoms with Crippen LogP contribution in [0.25, 0.3) is 0 Å². The average molecular weight is 316 g/mol. The molecular formula is C14H24N2O6. The number of piperidine rings is 1. The van der Waals surface area contributed by atoms with Crippen molar-refractivity contribution < 1.29 is 28.6 Å². The number of hydrogen-bond acceptors (Lipinski definition) is 6. The van der Waals surface area contributed by atoms with Crippen LogP contribution in [0.4, 0.5) is 9.59 Å². The Hall–Kier alpha value is -1.99. The zero-order chi connectivity index (χ0) is 16.9. The minimum atomic E-state index is -0.937. The standard InChI is InChI=1S/C14H24N2O6/c1-14(2,3)22-13(19)16-8-6-7-9(15-12(18)21-5)10(16)11(17)20-4/h9-10H,6-8H2,1-5H3,(H,15,18)/t9-,10+/m1/s1. The van der Waals surface area contributed by atoms with Gasteiger partial charge in [-0.3, -0.25) is 4.90 Å².